The average molecular weight is 360 g/mol. The van der Waals surface area contributed by atoms with Gasteiger partial charge in [0.25, 0.3) is 0 Å². The molecule has 1 amide bonds. The zero-order chi connectivity index (χ0) is 17.8. The van der Waals surface area contributed by atoms with E-state index in [-0.39, 0.29) is 5.91 Å². The van der Waals surface area contributed by atoms with Gasteiger partial charge in [0.2, 0.25) is 11.7 Å². The average Bonchev–Trinajstić information content (AvgIpc) is 3.36. The molecule has 0 bridgehead atoms. The summed E-state index contributed by atoms with van der Waals surface area (Å²) in [5.74, 6) is 1.55. The van der Waals surface area contributed by atoms with E-state index in [1.165, 1.54) is 0 Å². The molecule has 2 aliphatic rings. The minimum absolute atomic E-state index is 0.210. The normalized spacial score (nSPS) is 19.8. The molecule has 0 saturated carbocycles. The highest BCUT2D eigenvalue weighted by Gasteiger charge is 2.23. The number of furan rings is 1. The Hall–Kier alpha value is -2.16. The van der Waals surface area contributed by atoms with Crippen molar-refractivity contribution in [1.29, 1.82) is 0 Å². The summed E-state index contributed by atoms with van der Waals surface area (Å²) in [6, 6.07) is 5.61. The molecule has 26 heavy (non-hydrogen) atoms. The minimum atomic E-state index is 0.210. The van der Waals surface area contributed by atoms with Crippen molar-refractivity contribution < 1.29 is 18.5 Å². The molecular formula is C18H24N4O4. The molecule has 2 saturated heterocycles. The predicted octanol–water partition coefficient (Wildman–Crippen LogP) is 0.911. The number of hydrogen-bond donors (Lipinski definition) is 0. The second-order valence-corrected chi connectivity index (χ2v) is 6.71. The van der Waals surface area contributed by atoms with Gasteiger partial charge in [-0.25, -0.2) is 0 Å². The monoisotopic (exact) mass is 360 g/mol. The van der Waals surface area contributed by atoms with E-state index < -0.39 is 0 Å². The van der Waals surface area contributed by atoms with Crippen LogP contribution < -0.4 is 0 Å². The fourth-order valence-electron chi connectivity index (χ4n) is 3.36. The van der Waals surface area contributed by atoms with Crippen molar-refractivity contribution in [3.63, 3.8) is 0 Å². The molecule has 0 unspecified atom stereocenters. The van der Waals surface area contributed by atoms with Gasteiger partial charge in [0, 0.05) is 51.9 Å². The van der Waals surface area contributed by atoms with Crippen LogP contribution in [-0.2, 0) is 16.1 Å². The first kappa shape index (κ1) is 17.3. The second kappa shape index (κ2) is 8.03. The molecule has 2 aromatic rings. The first-order valence-corrected chi connectivity index (χ1v) is 9.07. The zero-order valence-electron chi connectivity index (χ0n) is 14.8. The van der Waals surface area contributed by atoms with Crippen molar-refractivity contribution >= 4 is 5.91 Å². The summed E-state index contributed by atoms with van der Waals surface area (Å²) in [7, 11) is 0. The Morgan fingerprint density at radius 2 is 1.81 bits per heavy atom. The maximum absolute atomic E-state index is 12.3. The van der Waals surface area contributed by atoms with Crippen molar-refractivity contribution in [3.8, 4) is 11.5 Å². The Morgan fingerprint density at radius 3 is 2.54 bits per heavy atom. The van der Waals surface area contributed by atoms with Crippen LogP contribution in [0, 0.1) is 0 Å². The number of amides is 1. The fraction of sp³-hybridized carbons (Fsp3) is 0.556. The van der Waals surface area contributed by atoms with Gasteiger partial charge in [-0.1, -0.05) is 5.16 Å². The topological polar surface area (TPSA) is 75.2 Å². The summed E-state index contributed by atoms with van der Waals surface area (Å²) in [5, 5.41) is 4.13. The van der Waals surface area contributed by atoms with Crippen LogP contribution in [0.4, 0.5) is 0 Å². The third kappa shape index (κ3) is 4.14. The molecule has 0 spiro atoms. The van der Waals surface area contributed by atoms with Crippen LogP contribution in [0.15, 0.2) is 33.4 Å². The van der Waals surface area contributed by atoms with Crippen molar-refractivity contribution in [1.82, 2.24) is 19.9 Å². The van der Waals surface area contributed by atoms with Gasteiger partial charge in [0.15, 0.2) is 5.76 Å². The van der Waals surface area contributed by atoms with Gasteiger partial charge in [-0.3, -0.25) is 14.6 Å². The van der Waals surface area contributed by atoms with E-state index in [1.54, 1.807) is 6.26 Å². The van der Waals surface area contributed by atoms with Gasteiger partial charge in [-0.2, -0.15) is 0 Å². The maximum atomic E-state index is 12.3. The minimum Gasteiger partial charge on any atom is -0.461 e. The van der Waals surface area contributed by atoms with E-state index in [9.17, 15) is 4.79 Å². The Kier molecular flexibility index (Phi) is 5.33. The number of nitrogens with zero attached hydrogens (tertiary/aromatic N) is 4. The lowest BCUT2D eigenvalue weighted by Gasteiger charge is -2.35. The molecule has 0 atom stereocenters. The summed E-state index contributed by atoms with van der Waals surface area (Å²) in [4.78, 5) is 18.8. The number of aromatic nitrogens is 1. The molecule has 2 fully saturated rings. The van der Waals surface area contributed by atoms with Crippen molar-refractivity contribution in [2.45, 2.75) is 6.54 Å². The third-order valence-electron chi connectivity index (χ3n) is 4.90. The summed E-state index contributed by atoms with van der Waals surface area (Å²) >= 11 is 0. The molecule has 2 aromatic heterocycles. The number of ether oxygens (including phenoxy) is 1. The van der Waals surface area contributed by atoms with E-state index in [4.69, 9.17) is 13.7 Å². The third-order valence-corrected chi connectivity index (χ3v) is 4.90. The van der Waals surface area contributed by atoms with Crippen molar-refractivity contribution in [2.24, 2.45) is 0 Å². The lowest BCUT2D eigenvalue weighted by molar-refractivity contribution is -0.136. The van der Waals surface area contributed by atoms with Crippen LogP contribution in [0.3, 0.4) is 0 Å². The number of carbonyl (C=O) groups is 1. The van der Waals surface area contributed by atoms with Crippen LogP contribution in [0.25, 0.3) is 11.5 Å². The maximum Gasteiger partial charge on any atom is 0.236 e. The Morgan fingerprint density at radius 1 is 1.04 bits per heavy atom. The van der Waals surface area contributed by atoms with Crippen LogP contribution >= 0.6 is 0 Å². The summed E-state index contributed by atoms with van der Waals surface area (Å²) in [6.45, 7) is 7.58. The highest BCUT2D eigenvalue weighted by molar-refractivity contribution is 5.78. The van der Waals surface area contributed by atoms with Gasteiger partial charge in [-0.15, -0.1) is 0 Å². The predicted molar refractivity (Wildman–Crippen MR) is 93.3 cm³/mol. The van der Waals surface area contributed by atoms with E-state index in [2.05, 4.69) is 15.0 Å². The van der Waals surface area contributed by atoms with Gasteiger partial charge >= 0.3 is 0 Å². The molecule has 0 aliphatic carbocycles. The number of hydrogen-bond acceptors (Lipinski definition) is 7. The van der Waals surface area contributed by atoms with Gasteiger partial charge in [-0.05, 0) is 12.1 Å². The van der Waals surface area contributed by atoms with E-state index in [0.717, 1.165) is 38.4 Å². The SMILES string of the molecule is O=C(CN1CCN(Cc2cc(-c3ccco3)on2)CC1)N1CCOCC1. The van der Waals surface area contributed by atoms with Crippen LogP contribution in [0.1, 0.15) is 5.69 Å². The Bertz CT molecular complexity index is 701. The molecule has 2 aliphatic heterocycles. The molecule has 8 nitrogen and oxygen atoms in total. The first-order chi connectivity index (χ1) is 12.8. The number of piperazine rings is 1. The van der Waals surface area contributed by atoms with E-state index >= 15 is 0 Å². The number of carbonyl (C=O) groups excluding carboxylic acids is 1. The standard InChI is InChI=1S/C18H24N4O4/c23-18(22-7-10-24-11-8-22)14-21-5-3-20(4-6-21)13-15-12-17(26-19-15)16-2-1-9-25-16/h1-2,9,12H,3-8,10-11,13-14H2. The van der Waals surface area contributed by atoms with Crippen LogP contribution in [0.5, 0.6) is 0 Å². The lowest BCUT2D eigenvalue weighted by atomic mass is 10.2. The number of morpholine rings is 1. The van der Waals surface area contributed by atoms with Crippen LogP contribution in [-0.4, -0.2) is 84.8 Å². The molecule has 0 radical (unpaired) electrons. The lowest BCUT2D eigenvalue weighted by Crippen LogP contribution is -2.51. The highest BCUT2D eigenvalue weighted by Crippen LogP contribution is 2.21. The molecule has 0 N–H and O–H groups in total. The highest BCUT2D eigenvalue weighted by atomic mass is 16.5. The summed E-state index contributed by atoms with van der Waals surface area (Å²) < 4.78 is 16.0. The Labute approximate surface area is 152 Å². The zero-order valence-corrected chi connectivity index (χ0v) is 14.8. The molecule has 140 valence electrons. The number of rotatable bonds is 5. The van der Waals surface area contributed by atoms with Crippen molar-refractivity contribution in [2.75, 3.05) is 59.0 Å². The van der Waals surface area contributed by atoms with Gasteiger partial charge in [0.05, 0.1) is 31.7 Å². The summed E-state index contributed by atoms with van der Waals surface area (Å²) in [5.41, 5.74) is 0.897. The van der Waals surface area contributed by atoms with Gasteiger partial charge in [0.1, 0.15) is 0 Å². The second-order valence-electron chi connectivity index (χ2n) is 6.71. The quantitative estimate of drug-likeness (QED) is 0.784. The van der Waals surface area contributed by atoms with E-state index in [1.807, 2.05) is 23.1 Å². The molecular weight excluding hydrogens is 336 g/mol. The molecule has 0 aromatic carbocycles. The molecule has 4 rings (SSSR count). The van der Waals surface area contributed by atoms with Crippen molar-refractivity contribution in [3.05, 3.63) is 30.2 Å². The van der Waals surface area contributed by atoms with Crippen LogP contribution in [0.2, 0.25) is 0 Å². The smallest absolute Gasteiger partial charge is 0.236 e. The fourth-order valence-corrected chi connectivity index (χ4v) is 3.36. The van der Waals surface area contributed by atoms with Gasteiger partial charge < -0.3 is 18.6 Å². The first-order valence-electron chi connectivity index (χ1n) is 9.07. The molecule has 8 heteroatoms. The molecule has 4 heterocycles. The Balaban J connectivity index is 1.23. The van der Waals surface area contributed by atoms with E-state index in [0.29, 0.717) is 44.4 Å². The summed E-state index contributed by atoms with van der Waals surface area (Å²) in [6.07, 6.45) is 1.62. The largest absolute Gasteiger partial charge is 0.461 e.